The maximum absolute atomic E-state index is 12.1. The molecule has 0 amide bonds. The fourth-order valence-corrected chi connectivity index (χ4v) is 3.53. The number of aryl methyl sites for hydroxylation is 2. The number of H-pyrrole nitrogens is 1. The predicted molar refractivity (Wildman–Crippen MR) is 89.8 cm³/mol. The van der Waals surface area contributed by atoms with E-state index in [0.717, 1.165) is 22.0 Å². The quantitative estimate of drug-likeness (QED) is 0.854. The molecule has 0 aliphatic carbocycles. The third kappa shape index (κ3) is 3.75. The van der Waals surface area contributed by atoms with Crippen LogP contribution in [0.25, 0.3) is 10.9 Å². The van der Waals surface area contributed by atoms with E-state index in [1.165, 1.54) is 0 Å². The Morgan fingerprint density at radius 3 is 2.64 bits per heavy atom. The summed E-state index contributed by atoms with van der Waals surface area (Å²) in [5.74, 6) is 0.111. The van der Waals surface area contributed by atoms with E-state index in [0.29, 0.717) is 18.4 Å². The summed E-state index contributed by atoms with van der Waals surface area (Å²) in [5.41, 5.74) is 3.47. The van der Waals surface area contributed by atoms with Gasteiger partial charge in [0.25, 0.3) is 5.56 Å². The molecule has 1 aromatic heterocycles. The van der Waals surface area contributed by atoms with Gasteiger partial charge in [-0.3, -0.25) is 4.79 Å². The van der Waals surface area contributed by atoms with Gasteiger partial charge in [-0.15, -0.1) is 0 Å². The van der Waals surface area contributed by atoms with Crippen LogP contribution in [0.3, 0.4) is 0 Å². The third-order valence-corrected chi connectivity index (χ3v) is 5.41. The lowest BCUT2D eigenvalue weighted by Crippen LogP contribution is -2.29. The summed E-state index contributed by atoms with van der Waals surface area (Å²) >= 11 is 0. The van der Waals surface area contributed by atoms with Crippen molar-refractivity contribution in [2.75, 3.05) is 12.3 Å². The van der Waals surface area contributed by atoms with Crippen molar-refractivity contribution in [2.24, 2.45) is 0 Å². The Balaban J connectivity index is 2.21. The van der Waals surface area contributed by atoms with E-state index in [-0.39, 0.29) is 17.9 Å². The third-order valence-electron chi connectivity index (χ3n) is 3.82. The standard InChI is InChI=1S/C16H22N2O3S/c1-4-9-22(20,21)17-8-7-14-10-13-6-5-11(2)12(3)15(13)18-16(14)19/h5-6,10,17H,4,7-9H2,1-3H3,(H,18,19). The van der Waals surface area contributed by atoms with Crippen LogP contribution in [-0.4, -0.2) is 25.7 Å². The molecule has 0 aliphatic rings. The monoisotopic (exact) mass is 322 g/mol. The molecule has 0 radical (unpaired) electrons. The largest absolute Gasteiger partial charge is 0.321 e. The zero-order valence-electron chi connectivity index (χ0n) is 13.2. The second-order valence-electron chi connectivity index (χ2n) is 5.56. The highest BCUT2D eigenvalue weighted by Gasteiger charge is 2.10. The summed E-state index contributed by atoms with van der Waals surface area (Å²) in [6.45, 7) is 6.04. The lowest BCUT2D eigenvalue weighted by Gasteiger charge is -2.08. The SMILES string of the molecule is CCCS(=O)(=O)NCCc1cc2ccc(C)c(C)c2[nH]c1=O. The molecule has 22 heavy (non-hydrogen) atoms. The molecule has 1 heterocycles. The summed E-state index contributed by atoms with van der Waals surface area (Å²) in [6, 6.07) is 5.83. The number of nitrogens with one attached hydrogen (secondary N) is 2. The Morgan fingerprint density at radius 1 is 1.23 bits per heavy atom. The van der Waals surface area contributed by atoms with Crippen molar-refractivity contribution in [3.63, 3.8) is 0 Å². The smallest absolute Gasteiger partial charge is 0.251 e. The van der Waals surface area contributed by atoms with Gasteiger partial charge in [-0.1, -0.05) is 19.1 Å². The van der Waals surface area contributed by atoms with Crippen LogP contribution in [0, 0.1) is 13.8 Å². The maximum Gasteiger partial charge on any atom is 0.251 e. The van der Waals surface area contributed by atoms with E-state index in [1.807, 2.05) is 39.0 Å². The highest BCUT2D eigenvalue weighted by Crippen LogP contribution is 2.18. The molecular weight excluding hydrogens is 300 g/mol. The average Bonchev–Trinajstić information content (AvgIpc) is 2.44. The van der Waals surface area contributed by atoms with Gasteiger partial charge in [0, 0.05) is 12.1 Å². The van der Waals surface area contributed by atoms with Crippen LogP contribution in [0.4, 0.5) is 0 Å². The topological polar surface area (TPSA) is 79.0 Å². The Bertz CT molecular complexity index is 838. The van der Waals surface area contributed by atoms with Crippen molar-refractivity contribution in [2.45, 2.75) is 33.6 Å². The van der Waals surface area contributed by atoms with Crippen molar-refractivity contribution < 1.29 is 8.42 Å². The minimum absolute atomic E-state index is 0.111. The molecule has 0 saturated heterocycles. The molecule has 0 aliphatic heterocycles. The van der Waals surface area contributed by atoms with Crippen LogP contribution in [0.15, 0.2) is 23.0 Å². The molecule has 2 aromatic rings. The van der Waals surface area contributed by atoms with Crippen molar-refractivity contribution in [3.8, 4) is 0 Å². The van der Waals surface area contributed by atoms with Crippen LogP contribution in [0.5, 0.6) is 0 Å². The van der Waals surface area contributed by atoms with E-state index in [4.69, 9.17) is 0 Å². The molecule has 5 nitrogen and oxygen atoms in total. The first-order valence-electron chi connectivity index (χ1n) is 7.43. The number of rotatable bonds is 6. The Morgan fingerprint density at radius 2 is 1.95 bits per heavy atom. The van der Waals surface area contributed by atoms with Crippen LogP contribution < -0.4 is 10.3 Å². The minimum atomic E-state index is -3.23. The predicted octanol–water partition coefficient (Wildman–Crippen LogP) is 2.02. The van der Waals surface area contributed by atoms with Gasteiger partial charge < -0.3 is 4.98 Å². The number of sulfonamides is 1. The Hall–Kier alpha value is -1.66. The molecule has 0 atom stereocenters. The minimum Gasteiger partial charge on any atom is -0.321 e. The summed E-state index contributed by atoms with van der Waals surface area (Å²) in [6.07, 6.45) is 0.950. The molecular formula is C16H22N2O3S. The fraction of sp³-hybridized carbons (Fsp3) is 0.438. The van der Waals surface area contributed by atoms with E-state index in [9.17, 15) is 13.2 Å². The van der Waals surface area contributed by atoms with Gasteiger partial charge in [-0.05, 0) is 49.3 Å². The van der Waals surface area contributed by atoms with E-state index < -0.39 is 10.0 Å². The maximum atomic E-state index is 12.1. The van der Waals surface area contributed by atoms with Gasteiger partial charge in [-0.2, -0.15) is 0 Å². The molecule has 0 spiro atoms. The van der Waals surface area contributed by atoms with Crippen molar-refractivity contribution >= 4 is 20.9 Å². The Kier molecular flexibility index (Phi) is 5.03. The second kappa shape index (κ2) is 6.62. The number of aromatic amines is 1. The van der Waals surface area contributed by atoms with Gasteiger partial charge in [0.1, 0.15) is 0 Å². The summed E-state index contributed by atoms with van der Waals surface area (Å²) in [7, 11) is -3.23. The highest BCUT2D eigenvalue weighted by molar-refractivity contribution is 7.89. The first-order chi connectivity index (χ1) is 10.3. The lowest BCUT2D eigenvalue weighted by molar-refractivity contribution is 0.580. The second-order valence-corrected chi connectivity index (χ2v) is 7.49. The summed E-state index contributed by atoms with van der Waals surface area (Å²) in [4.78, 5) is 15.1. The van der Waals surface area contributed by atoms with E-state index >= 15 is 0 Å². The van der Waals surface area contributed by atoms with Crippen molar-refractivity contribution in [3.05, 3.63) is 45.2 Å². The number of pyridine rings is 1. The van der Waals surface area contributed by atoms with Gasteiger partial charge in [0.05, 0.1) is 11.3 Å². The first-order valence-corrected chi connectivity index (χ1v) is 9.08. The van der Waals surface area contributed by atoms with E-state index in [2.05, 4.69) is 9.71 Å². The summed E-state index contributed by atoms with van der Waals surface area (Å²) < 4.78 is 25.7. The molecule has 0 saturated carbocycles. The van der Waals surface area contributed by atoms with Gasteiger partial charge in [0.15, 0.2) is 0 Å². The molecule has 0 bridgehead atoms. The Labute approximate surface area is 130 Å². The van der Waals surface area contributed by atoms with Crippen LogP contribution >= 0.6 is 0 Å². The molecule has 0 fully saturated rings. The van der Waals surface area contributed by atoms with Crippen molar-refractivity contribution in [1.29, 1.82) is 0 Å². The van der Waals surface area contributed by atoms with Gasteiger partial charge >= 0.3 is 0 Å². The fourth-order valence-electron chi connectivity index (χ4n) is 2.44. The molecule has 2 rings (SSSR count). The molecule has 0 unspecified atom stereocenters. The molecule has 1 aromatic carbocycles. The molecule has 6 heteroatoms. The molecule has 120 valence electrons. The number of aromatic nitrogens is 1. The van der Waals surface area contributed by atoms with Crippen LogP contribution in [0.2, 0.25) is 0 Å². The number of benzene rings is 1. The van der Waals surface area contributed by atoms with Crippen LogP contribution in [0.1, 0.15) is 30.0 Å². The zero-order valence-corrected chi connectivity index (χ0v) is 14.0. The highest BCUT2D eigenvalue weighted by atomic mass is 32.2. The van der Waals surface area contributed by atoms with Gasteiger partial charge in [0.2, 0.25) is 10.0 Å². The summed E-state index contributed by atoms with van der Waals surface area (Å²) in [5, 5.41) is 0.967. The molecule has 2 N–H and O–H groups in total. The van der Waals surface area contributed by atoms with E-state index in [1.54, 1.807) is 0 Å². The zero-order chi connectivity index (χ0) is 16.3. The lowest BCUT2D eigenvalue weighted by atomic mass is 10.0. The van der Waals surface area contributed by atoms with Crippen molar-refractivity contribution in [1.82, 2.24) is 9.71 Å². The number of hydrogen-bond donors (Lipinski definition) is 2. The first kappa shape index (κ1) is 16.7. The average molecular weight is 322 g/mol. The van der Waals surface area contributed by atoms with Gasteiger partial charge in [-0.25, -0.2) is 13.1 Å². The number of hydrogen-bond acceptors (Lipinski definition) is 3. The van der Waals surface area contributed by atoms with Crippen LogP contribution in [-0.2, 0) is 16.4 Å². The number of fused-ring (bicyclic) bond motifs is 1. The normalized spacial score (nSPS) is 12.0.